The van der Waals surface area contributed by atoms with Crippen molar-refractivity contribution in [2.75, 3.05) is 20.7 Å². The Morgan fingerprint density at radius 2 is 1.81 bits per heavy atom. The molecule has 0 radical (unpaired) electrons. The van der Waals surface area contributed by atoms with Gasteiger partial charge in [-0.05, 0) is 56.4 Å². The van der Waals surface area contributed by atoms with Crippen LogP contribution in [0.15, 0.2) is 67.0 Å². The van der Waals surface area contributed by atoms with Crippen LogP contribution in [0.4, 0.5) is 0 Å². The van der Waals surface area contributed by atoms with E-state index in [1.165, 1.54) is 5.56 Å². The molecule has 162 valence electrons. The van der Waals surface area contributed by atoms with E-state index < -0.39 is 0 Å². The molecule has 0 fully saturated rings. The average molecular weight is 420 g/mol. The minimum atomic E-state index is -0.153. The minimum Gasteiger partial charge on any atom is -0.490 e. The van der Waals surface area contributed by atoms with Crippen LogP contribution in [0.3, 0.4) is 0 Å². The minimum absolute atomic E-state index is 0.153. The Labute approximate surface area is 183 Å². The van der Waals surface area contributed by atoms with Gasteiger partial charge in [0, 0.05) is 36.6 Å². The van der Waals surface area contributed by atoms with Crippen LogP contribution in [0.2, 0.25) is 0 Å². The molecule has 31 heavy (non-hydrogen) atoms. The van der Waals surface area contributed by atoms with Crippen LogP contribution < -0.4 is 14.8 Å². The highest BCUT2D eigenvalue weighted by Gasteiger charge is 2.13. The maximum Gasteiger partial charge on any atom is 0.251 e. The van der Waals surface area contributed by atoms with Gasteiger partial charge in [0.25, 0.3) is 5.91 Å². The van der Waals surface area contributed by atoms with Crippen LogP contribution >= 0.6 is 0 Å². The number of nitrogens with zero attached hydrogens (tertiary/aromatic N) is 2. The van der Waals surface area contributed by atoms with Gasteiger partial charge in [-0.3, -0.25) is 9.78 Å². The van der Waals surface area contributed by atoms with E-state index >= 15 is 0 Å². The van der Waals surface area contributed by atoms with Gasteiger partial charge in [0.1, 0.15) is 6.61 Å². The summed E-state index contributed by atoms with van der Waals surface area (Å²) in [7, 11) is 4.06. The molecule has 0 bridgehead atoms. The second-order valence-electron chi connectivity index (χ2n) is 7.43. The summed E-state index contributed by atoms with van der Waals surface area (Å²) in [6.45, 7) is 4.04. The molecule has 0 saturated carbocycles. The van der Waals surface area contributed by atoms with E-state index in [9.17, 15) is 4.79 Å². The molecule has 0 aliphatic heterocycles. The fourth-order valence-electron chi connectivity index (χ4n) is 3.18. The van der Waals surface area contributed by atoms with E-state index in [-0.39, 0.29) is 5.91 Å². The van der Waals surface area contributed by atoms with Crippen molar-refractivity contribution in [3.05, 3.63) is 89.2 Å². The van der Waals surface area contributed by atoms with E-state index in [1.54, 1.807) is 30.6 Å². The molecule has 1 amide bonds. The first-order valence-corrected chi connectivity index (χ1v) is 10.3. The standard InChI is InChI=1S/C25H29N3O3/c1-4-30-24-14-20(11-12-23(24)31-18-19-8-7-13-26-15-19)25(29)27-16-21-9-5-6-10-22(21)17-28(2)3/h5-15H,4,16-18H2,1-3H3,(H,27,29). The molecule has 0 aliphatic rings. The van der Waals surface area contributed by atoms with Crippen molar-refractivity contribution in [1.82, 2.24) is 15.2 Å². The molecule has 2 aromatic carbocycles. The smallest absolute Gasteiger partial charge is 0.251 e. The summed E-state index contributed by atoms with van der Waals surface area (Å²) < 4.78 is 11.6. The number of nitrogens with one attached hydrogen (secondary N) is 1. The fourth-order valence-corrected chi connectivity index (χ4v) is 3.18. The third-order valence-electron chi connectivity index (χ3n) is 4.67. The number of hydrogen-bond acceptors (Lipinski definition) is 5. The van der Waals surface area contributed by atoms with Crippen LogP contribution in [-0.2, 0) is 19.7 Å². The van der Waals surface area contributed by atoms with Crippen molar-refractivity contribution in [1.29, 1.82) is 0 Å². The first-order chi connectivity index (χ1) is 15.1. The average Bonchev–Trinajstić information content (AvgIpc) is 2.78. The van der Waals surface area contributed by atoms with E-state index in [0.717, 1.165) is 17.7 Å². The molecule has 0 spiro atoms. The van der Waals surface area contributed by atoms with Crippen molar-refractivity contribution < 1.29 is 14.3 Å². The molecule has 0 aliphatic carbocycles. The van der Waals surface area contributed by atoms with Crippen molar-refractivity contribution in [3.63, 3.8) is 0 Å². The summed E-state index contributed by atoms with van der Waals surface area (Å²) in [5.74, 6) is 0.991. The van der Waals surface area contributed by atoms with Crippen LogP contribution in [-0.4, -0.2) is 36.5 Å². The molecule has 6 nitrogen and oxygen atoms in total. The van der Waals surface area contributed by atoms with Gasteiger partial charge in [0.2, 0.25) is 0 Å². The molecule has 0 atom stereocenters. The van der Waals surface area contributed by atoms with Crippen LogP contribution in [0.5, 0.6) is 11.5 Å². The van der Waals surface area contributed by atoms with Crippen LogP contribution in [0.25, 0.3) is 0 Å². The van der Waals surface area contributed by atoms with E-state index in [0.29, 0.717) is 36.8 Å². The lowest BCUT2D eigenvalue weighted by atomic mass is 10.1. The predicted molar refractivity (Wildman–Crippen MR) is 121 cm³/mol. The molecule has 3 aromatic rings. The fraction of sp³-hybridized carbons (Fsp3) is 0.280. The molecule has 0 unspecified atom stereocenters. The van der Waals surface area contributed by atoms with Crippen molar-refractivity contribution in [3.8, 4) is 11.5 Å². The summed E-state index contributed by atoms with van der Waals surface area (Å²) in [6.07, 6.45) is 3.48. The lowest BCUT2D eigenvalue weighted by Crippen LogP contribution is -2.24. The first-order valence-electron chi connectivity index (χ1n) is 10.3. The van der Waals surface area contributed by atoms with Gasteiger partial charge >= 0.3 is 0 Å². The van der Waals surface area contributed by atoms with E-state index in [4.69, 9.17) is 9.47 Å². The zero-order valence-corrected chi connectivity index (χ0v) is 18.3. The second-order valence-corrected chi connectivity index (χ2v) is 7.43. The number of amides is 1. The Balaban J connectivity index is 1.68. The van der Waals surface area contributed by atoms with Gasteiger partial charge in [0.05, 0.1) is 6.61 Å². The Kier molecular flexibility index (Phi) is 8.01. The number of hydrogen-bond donors (Lipinski definition) is 1. The van der Waals surface area contributed by atoms with Gasteiger partial charge in [0.15, 0.2) is 11.5 Å². The highest BCUT2D eigenvalue weighted by atomic mass is 16.5. The third-order valence-corrected chi connectivity index (χ3v) is 4.67. The molecular weight excluding hydrogens is 390 g/mol. The molecule has 1 N–H and O–H groups in total. The maximum absolute atomic E-state index is 12.8. The molecule has 6 heteroatoms. The van der Waals surface area contributed by atoms with Gasteiger partial charge in [-0.15, -0.1) is 0 Å². The zero-order valence-electron chi connectivity index (χ0n) is 18.3. The Morgan fingerprint density at radius 1 is 1.00 bits per heavy atom. The summed E-state index contributed by atoms with van der Waals surface area (Å²) in [5.41, 5.74) is 3.79. The van der Waals surface area contributed by atoms with E-state index in [2.05, 4.69) is 21.3 Å². The summed E-state index contributed by atoms with van der Waals surface area (Å²) in [5, 5.41) is 3.01. The number of rotatable bonds is 10. The number of ether oxygens (including phenoxy) is 2. The topological polar surface area (TPSA) is 63.7 Å². The largest absolute Gasteiger partial charge is 0.490 e. The molecule has 0 saturated heterocycles. The second kappa shape index (κ2) is 11.1. The lowest BCUT2D eigenvalue weighted by Gasteiger charge is -2.15. The number of aromatic nitrogens is 1. The number of carbonyl (C=O) groups excluding carboxylic acids is 1. The Bertz CT molecular complexity index is 990. The molecule has 1 heterocycles. The van der Waals surface area contributed by atoms with Gasteiger partial charge in [-0.2, -0.15) is 0 Å². The Hall–Kier alpha value is -3.38. The SMILES string of the molecule is CCOc1cc(C(=O)NCc2ccccc2CN(C)C)ccc1OCc1cccnc1. The van der Waals surface area contributed by atoms with Gasteiger partial charge < -0.3 is 19.7 Å². The first kappa shape index (κ1) is 22.3. The predicted octanol–water partition coefficient (Wildman–Crippen LogP) is 4.05. The number of carbonyl (C=O) groups is 1. The van der Waals surface area contributed by atoms with Crippen molar-refractivity contribution >= 4 is 5.91 Å². The molecule has 3 rings (SSSR count). The molecule has 1 aromatic heterocycles. The summed E-state index contributed by atoms with van der Waals surface area (Å²) >= 11 is 0. The van der Waals surface area contributed by atoms with Crippen LogP contribution in [0, 0.1) is 0 Å². The highest BCUT2D eigenvalue weighted by Crippen LogP contribution is 2.29. The van der Waals surface area contributed by atoms with Gasteiger partial charge in [-0.1, -0.05) is 30.3 Å². The normalized spacial score (nSPS) is 10.7. The number of pyridine rings is 1. The van der Waals surface area contributed by atoms with E-state index in [1.807, 2.05) is 51.4 Å². The van der Waals surface area contributed by atoms with Crippen molar-refractivity contribution in [2.45, 2.75) is 26.6 Å². The van der Waals surface area contributed by atoms with Gasteiger partial charge in [-0.25, -0.2) is 0 Å². The molecular formula is C25H29N3O3. The maximum atomic E-state index is 12.8. The Morgan fingerprint density at radius 3 is 2.52 bits per heavy atom. The summed E-state index contributed by atoms with van der Waals surface area (Å²) in [4.78, 5) is 19.0. The third kappa shape index (κ3) is 6.55. The summed E-state index contributed by atoms with van der Waals surface area (Å²) in [6, 6.07) is 17.2. The zero-order chi connectivity index (χ0) is 22.1. The monoisotopic (exact) mass is 419 g/mol. The lowest BCUT2D eigenvalue weighted by molar-refractivity contribution is 0.0950. The number of benzene rings is 2. The highest BCUT2D eigenvalue weighted by molar-refractivity contribution is 5.94. The van der Waals surface area contributed by atoms with Crippen LogP contribution in [0.1, 0.15) is 34.0 Å². The van der Waals surface area contributed by atoms with Crippen molar-refractivity contribution in [2.24, 2.45) is 0 Å². The quantitative estimate of drug-likeness (QED) is 0.537.